The van der Waals surface area contributed by atoms with Crippen molar-refractivity contribution in [1.29, 1.82) is 0 Å². The normalized spacial score (nSPS) is 17.7. The van der Waals surface area contributed by atoms with Gasteiger partial charge in [0.15, 0.2) is 5.82 Å². The van der Waals surface area contributed by atoms with Crippen LogP contribution in [0.5, 0.6) is 5.75 Å². The summed E-state index contributed by atoms with van der Waals surface area (Å²) in [6.07, 6.45) is 3.92. The lowest BCUT2D eigenvalue weighted by Gasteiger charge is -2.35. The standard InChI is InChI=1S/C23H29N5O4/c1-31-19-5-2-18(3-6-19)4-7-20-24-21(16-22(25-20)28-12-14-32-15-13-28)27-10-8-26(9-11-27)17-23(29)30/h2-7,16H,8-15,17H2,1H3,(H,29,30). The third-order valence-corrected chi connectivity index (χ3v) is 5.65. The maximum atomic E-state index is 11.0. The highest BCUT2D eigenvalue weighted by Gasteiger charge is 2.22. The Bertz CT molecular complexity index is 936. The Morgan fingerprint density at radius 3 is 2.22 bits per heavy atom. The summed E-state index contributed by atoms with van der Waals surface area (Å²) < 4.78 is 10.7. The Labute approximate surface area is 187 Å². The first-order valence-corrected chi connectivity index (χ1v) is 10.8. The minimum atomic E-state index is -0.791. The van der Waals surface area contributed by atoms with E-state index >= 15 is 0 Å². The summed E-state index contributed by atoms with van der Waals surface area (Å²) in [6, 6.07) is 9.86. The fourth-order valence-corrected chi connectivity index (χ4v) is 3.84. The zero-order valence-corrected chi connectivity index (χ0v) is 18.3. The maximum Gasteiger partial charge on any atom is 0.317 e. The van der Waals surface area contributed by atoms with Crippen molar-refractivity contribution in [3.63, 3.8) is 0 Å². The molecule has 9 nitrogen and oxygen atoms in total. The predicted molar refractivity (Wildman–Crippen MR) is 123 cm³/mol. The highest BCUT2D eigenvalue weighted by Crippen LogP contribution is 2.23. The lowest BCUT2D eigenvalue weighted by molar-refractivity contribution is -0.138. The van der Waals surface area contributed by atoms with Gasteiger partial charge in [0, 0.05) is 45.3 Å². The molecule has 3 heterocycles. The number of carboxylic acids is 1. The van der Waals surface area contributed by atoms with Gasteiger partial charge in [-0.05, 0) is 23.8 Å². The molecule has 4 rings (SSSR count). The molecule has 0 aliphatic carbocycles. The van der Waals surface area contributed by atoms with Crippen LogP contribution in [-0.4, -0.2) is 92.1 Å². The smallest absolute Gasteiger partial charge is 0.317 e. The molecule has 0 bridgehead atoms. The number of carbonyl (C=O) groups is 1. The molecule has 9 heteroatoms. The van der Waals surface area contributed by atoms with Crippen molar-refractivity contribution in [2.45, 2.75) is 0 Å². The third-order valence-electron chi connectivity index (χ3n) is 5.65. The van der Waals surface area contributed by atoms with Crippen LogP contribution < -0.4 is 14.5 Å². The van der Waals surface area contributed by atoms with Crippen LogP contribution in [0.25, 0.3) is 12.2 Å². The summed E-state index contributed by atoms with van der Waals surface area (Å²) in [5, 5.41) is 9.04. The molecule has 2 aromatic rings. The number of nitrogens with zero attached hydrogens (tertiary/aromatic N) is 5. The van der Waals surface area contributed by atoms with Crippen molar-refractivity contribution in [3.05, 3.63) is 41.7 Å². The van der Waals surface area contributed by atoms with Crippen LogP contribution in [0.15, 0.2) is 30.3 Å². The zero-order valence-electron chi connectivity index (χ0n) is 18.3. The molecular formula is C23H29N5O4. The summed E-state index contributed by atoms with van der Waals surface area (Å²) in [6.45, 7) is 5.89. The quantitative estimate of drug-likeness (QED) is 0.692. The molecule has 2 aliphatic heterocycles. The summed E-state index contributed by atoms with van der Waals surface area (Å²) in [4.78, 5) is 27.0. The van der Waals surface area contributed by atoms with Gasteiger partial charge in [-0.3, -0.25) is 9.69 Å². The van der Waals surface area contributed by atoms with Crippen molar-refractivity contribution in [1.82, 2.24) is 14.9 Å². The van der Waals surface area contributed by atoms with Gasteiger partial charge < -0.3 is 24.4 Å². The van der Waals surface area contributed by atoms with E-state index in [4.69, 9.17) is 24.5 Å². The van der Waals surface area contributed by atoms with E-state index in [1.54, 1.807) is 7.11 Å². The van der Waals surface area contributed by atoms with Crippen LogP contribution in [0.4, 0.5) is 11.6 Å². The van der Waals surface area contributed by atoms with E-state index in [2.05, 4.69) is 9.80 Å². The number of methoxy groups -OCH3 is 1. The molecule has 2 aliphatic rings. The topological polar surface area (TPSA) is 91.3 Å². The minimum Gasteiger partial charge on any atom is -0.497 e. The van der Waals surface area contributed by atoms with E-state index in [1.165, 1.54) is 0 Å². The molecule has 1 aromatic carbocycles. The van der Waals surface area contributed by atoms with Crippen LogP contribution in [0, 0.1) is 0 Å². The monoisotopic (exact) mass is 439 g/mol. The van der Waals surface area contributed by atoms with Crippen LogP contribution in [0.2, 0.25) is 0 Å². The van der Waals surface area contributed by atoms with E-state index in [0.29, 0.717) is 32.1 Å². The fourth-order valence-electron chi connectivity index (χ4n) is 3.84. The van der Waals surface area contributed by atoms with Gasteiger partial charge >= 0.3 is 5.97 Å². The lowest BCUT2D eigenvalue weighted by atomic mass is 10.2. The first-order chi connectivity index (χ1) is 15.6. The molecule has 170 valence electrons. The number of piperazine rings is 1. The SMILES string of the molecule is COc1ccc(C=Cc2nc(N3CCOCC3)cc(N3CCN(CC(=O)O)CC3)n2)cc1. The zero-order chi connectivity index (χ0) is 22.3. The number of benzene rings is 1. The van der Waals surface area contributed by atoms with Crippen molar-refractivity contribution in [2.75, 3.05) is 75.9 Å². The first-order valence-electron chi connectivity index (χ1n) is 10.8. The molecule has 2 fully saturated rings. The third kappa shape index (κ3) is 5.74. The molecule has 0 unspecified atom stereocenters. The van der Waals surface area contributed by atoms with Crippen molar-refractivity contribution in [3.8, 4) is 5.75 Å². The highest BCUT2D eigenvalue weighted by atomic mass is 16.5. The number of morpholine rings is 1. The Hall–Kier alpha value is -3.17. The van der Waals surface area contributed by atoms with Crippen molar-refractivity contribution >= 4 is 29.8 Å². The molecule has 1 aromatic heterocycles. The number of carboxylic acid groups (broad SMARTS) is 1. The molecule has 32 heavy (non-hydrogen) atoms. The van der Waals surface area contributed by atoms with Gasteiger partial charge in [0.05, 0.1) is 26.9 Å². The first kappa shape index (κ1) is 22.0. The summed E-state index contributed by atoms with van der Waals surface area (Å²) in [5.41, 5.74) is 1.04. The van der Waals surface area contributed by atoms with Gasteiger partial charge in [-0.1, -0.05) is 18.2 Å². The number of rotatable bonds is 7. The largest absolute Gasteiger partial charge is 0.497 e. The molecule has 0 saturated carbocycles. The predicted octanol–water partition coefficient (Wildman–Crippen LogP) is 1.70. The van der Waals surface area contributed by atoms with Crippen molar-refractivity contribution in [2.24, 2.45) is 0 Å². The highest BCUT2D eigenvalue weighted by molar-refractivity contribution is 5.69. The number of aromatic nitrogens is 2. The second-order valence-electron chi connectivity index (χ2n) is 7.81. The fraction of sp³-hybridized carbons (Fsp3) is 0.435. The van der Waals surface area contributed by atoms with Gasteiger partial charge in [-0.15, -0.1) is 0 Å². The Morgan fingerprint density at radius 1 is 1.00 bits per heavy atom. The van der Waals surface area contributed by atoms with Crippen molar-refractivity contribution < 1.29 is 19.4 Å². The number of hydrogen-bond acceptors (Lipinski definition) is 8. The van der Waals surface area contributed by atoms with Gasteiger partial charge in [0.1, 0.15) is 17.4 Å². The van der Waals surface area contributed by atoms with Gasteiger partial charge in [-0.25, -0.2) is 9.97 Å². The van der Waals surface area contributed by atoms with Gasteiger partial charge in [0.25, 0.3) is 0 Å². The number of hydrogen-bond donors (Lipinski definition) is 1. The molecular weight excluding hydrogens is 410 g/mol. The molecule has 0 spiro atoms. The Kier molecular flexibility index (Phi) is 7.18. The second kappa shape index (κ2) is 10.4. The summed E-state index contributed by atoms with van der Waals surface area (Å²) in [5.74, 6) is 2.43. The van der Waals surface area contributed by atoms with E-state index in [1.807, 2.05) is 47.4 Å². The Balaban J connectivity index is 1.55. The number of anilines is 2. The van der Waals surface area contributed by atoms with Gasteiger partial charge in [-0.2, -0.15) is 0 Å². The van der Waals surface area contributed by atoms with Crippen LogP contribution in [0.1, 0.15) is 11.4 Å². The Morgan fingerprint density at radius 2 is 1.62 bits per heavy atom. The average Bonchev–Trinajstić information content (AvgIpc) is 2.83. The molecule has 0 radical (unpaired) electrons. The molecule has 0 atom stereocenters. The maximum absolute atomic E-state index is 11.0. The minimum absolute atomic E-state index is 0.0759. The lowest BCUT2D eigenvalue weighted by Crippen LogP contribution is -2.48. The second-order valence-corrected chi connectivity index (χ2v) is 7.81. The molecule has 2 saturated heterocycles. The number of ether oxygens (including phenoxy) is 2. The van der Waals surface area contributed by atoms with E-state index < -0.39 is 5.97 Å². The van der Waals surface area contributed by atoms with Crippen LogP contribution in [-0.2, 0) is 9.53 Å². The van der Waals surface area contributed by atoms with E-state index in [0.717, 1.165) is 49.1 Å². The summed E-state index contributed by atoms with van der Waals surface area (Å²) >= 11 is 0. The van der Waals surface area contributed by atoms with Crippen LogP contribution >= 0.6 is 0 Å². The van der Waals surface area contributed by atoms with E-state index in [9.17, 15) is 4.79 Å². The average molecular weight is 440 g/mol. The summed E-state index contributed by atoms with van der Waals surface area (Å²) in [7, 11) is 1.65. The van der Waals surface area contributed by atoms with E-state index in [-0.39, 0.29) is 6.54 Å². The molecule has 1 N–H and O–H groups in total. The van der Waals surface area contributed by atoms with Gasteiger partial charge in [0.2, 0.25) is 0 Å². The molecule has 0 amide bonds. The van der Waals surface area contributed by atoms with Crippen LogP contribution in [0.3, 0.4) is 0 Å². The number of aliphatic carboxylic acids is 1.